The number of imidazole rings is 1. The third-order valence-corrected chi connectivity index (χ3v) is 6.90. The highest BCUT2D eigenvalue weighted by atomic mass is 35.5. The van der Waals surface area contributed by atoms with Crippen molar-refractivity contribution in [2.75, 3.05) is 12.9 Å². The highest BCUT2D eigenvalue weighted by Gasteiger charge is 2.21. The lowest BCUT2D eigenvalue weighted by Crippen LogP contribution is -2.33. The van der Waals surface area contributed by atoms with E-state index in [2.05, 4.69) is 35.6 Å². The molecule has 1 N–H and O–H groups in total. The van der Waals surface area contributed by atoms with E-state index in [-0.39, 0.29) is 16.9 Å². The first-order valence-corrected chi connectivity index (χ1v) is 13.3. The molecule has 0 spiro atoms. The molecule has 1 heterocycles. The molecule has 0 aliphatic carbocycles. The molecule has 0 fully saturated rings. The Kier molecular flexibility index (Phi) is 11.8. The third-order valence-electron chi connectivity index (χ3n) is 5.61. The highest BCUT2D eigenvalue weighted by molar-refractivity contribution is 8.13. The minimum atomic E-state index is -0.477. The van der Waals surface area contributed by atoms with Gasteiger partial charge in [0.1, 0.15) is 5.82 Å². The summed E-state index contributed by atoms with van der Waals surface area (Å²) in [6.45, 7) is 8.66. The summed E-state index contributed by atoms with van der Waals surface area (Å²) in [5, 5.41) is 3.40. The molecule has 0 aliphatic rings. The maximum absolute atomic E-state index is 13.0. The number of benzene rings is 1. The summed E-state index contributed by atoms with van der Waals surface area (Å²) >= 11 is 7.52. The van der Waals surface area contributed by atoms with E-state index in [1.165, 1.54) is 25.8 Å². The van der Waals surface area contributed by atoms with Crippen LogP contribution in [-0.2, 0) is 33.8 Å². The number of thioether (sulfide) groups is 1. The Morgan fingerprint density at radius 2 is 2.00 bits per heavy atom. The molecule has 0 aliphatic heterocycles. The lowest BCUT2D eigenvalue weighted by molar-refractivity contribution is -0.125. The van der Waals surface area contributed by atoms with Crippen molar-refractivity contribution in [3.8, 4) is 0 Å². The first-order valence-electron chi connectivity index (χ1n) is 12.0. The standard InChI is InChI=1S/C26H36ClN3O4S/c1-6-7-8-24-28-13-21(14-29-25(32)20(11-17(2)3)16-35-18(4)31)30(24)15-19-9-10-22(23(27)12-19)26(33)34-5/h9-10,12-13,17,20H,6-8,11,14-16H2,1-5H3,(H,29,32). The van der Waals surface area contributed by atoms with E-state index < -0.39 is 5.97 Å². The Hall–Kier alpha value is -2.32. The fraction of sp³-hybridized carbons (Fsp3) is 0.538. The van der Waals surface area contributed by atoms with Gasteiger partial charge in [-0.2, -0.15) is 0 Å². The van der Waals surface area contributed by atoms with Crippen molar-refractivity contribution < 1.29 is 19.1 Å². The van der Waals surface area contributed by atoms with Crippen LogP contribution in [0.2, 0.25) is 5.02 Å². The van der Waals surface area contributed by atoms with Crippen LogP contribution >= 0.6 is 23.4 Å². The van der Waals surface area contributed by atoms with Gasteiger partial charge >= 0.3 is 5.97 Å². The first kappa shape index (κ1) is 28.9. The molecule has 1 amide bonds. The normalized spacial score (nSPS) is 12.0. The van der Waals surface area contributed by atoms with E-state index in [1.54, 1.807) is 18.3 Å². The molecule has 1 aromatic heterocycles. The minimum Gasteiger partial charge on any atom is -0.465 e. The minimum absolute atomic E-state index is 0.0158. The summed E-state index contributed by atoms with van der Waals surface area (Å²) in [7, 11) is 1.32. The highest BCUT2D eigenvalue weighted by Crippen LogP contribution is 2.22. The van der Waals surface area contributed by atoms with Gasteiger partial charge in [-0.1, -0.05) is 56.6 Å². The predicted octanol–water partition coefficient (Wildman–Crippen LogP) is 5.27. The van der Waals surface area contributed by atoms with Gasteiger partial charge in [-0.3, -0.25) is 9.59 Å². The molecule has 1 unspecified atom stereocenters. The van der Waals surface area contributed by atoms with Gasteiger partial charge in [-0.15, -0.1) is 0 Å². The lowest BCUT2D eigenvalue weighted by Gasteiger charge is -2.19. The van der Waals surface area contributed by atoms with Crippen molar-refractivity contribution in [3.05, 3.63) is 52.1 Å². The predicted molar refractivity (Wildman–Crippen MR) is 141 cm³/mol. The van der Waals surface area contributed by atoms with E-state index in [1.807, 2.05) is 6.07 Å². The van der Waals surface area contributed by atoms with Crippen molar-refractivity contribution in [3.63, 3.8) is 0 Å². The van der Waals surface area contributed by atoms with Crippen molar-refractivity contribution in [2.45, 2.75) is 66.5 Å². The number of hydrogen-bond acceptors (Lipinski definition) is 6. The second-order valence-corrected chi connectivity index (χ2v) is 10.6. The molecule has 1 atom stereocenters. The Labute approximate surface area is 217 Å². The molecular weight excluding hydrogens is 486 g/mol. The van der Waals surface area contributed by atoms with E-state index in [0.717, 1.165) is 42.8 Å². The number of nitrogens with zero attached hydrogens (tertiary/aromatic N) is 2. The number of carbonyl (C=O) groups is 3. The second-order valence-electron chi connectivity index (χ2n) is 9.01. The summed E-state index contributed by atoms with van der Waals surface area (Å²) in [4.78, 5) is 40.9. The summed E-state index contributed by atoms with van der Waals surface area (Å²) in [5.41, 5.74) is 2.13. The van der Waals surface area contributed by atoms with E-state index in [9.17, 15) is 14.4 Å². The van der Waals surface area contributed by atoms with E-state index in [4.69, 9.17) is 16.3 Å². The van der Waals surface area contributed by atoms with Gasteiger partial charge in [0.15, 0.2) is 5.12 Å². The number of rotatable bonds is 13. The molecule has 0 bridgehead atoms. The molecule has 0 saturated carbocycles. The van der Waals surface area contributed by atoms with Crippen LogP contribution in [0.5, 0.6) is 0 Å². The van der Waals surface area contributed by atoms with Gasteiger partial charge in [0, 0.05) is 31.6 Å². The number of amides is 1. The second kappa shape index (κ2) is 14.3. The van der Waals surface area contributed by atoms with E-state index in [0.29, 0.717) is 35.3 Å². The van der Waals surface area contributed by atoms with Crippen LogP contribution in [0.15, 0.2) is 24.4 Å². The van der Waals surface area contributed by atoms with Crippen molar-refractivity contribution in [1.29, 1.82) is 0 Å². The third kappa shape index (κ3) is 9.00. The lowest BCUT2D eigenvalue weighted by atomic mass is 9.98. The largest absolute Gasteiger partial charge is 0.465 e. The van der Waals surface area contributed by atoms with Gasteiger partial charge in [0.25, 0.3) is 0 Å². The van der Waals surface area contributed by atoms with Crippen LogP contribution in [0.3, 0.4) is 0 Å². The van der Waals surface area contributed by atoms with Crippen LogP contribution in [0.1, 0.15) is 74.4 Å². The number of aryl methyl sites for hydroxylation is 1. The number of hydrogen-bond donors (Lipinski definition) is 1. The zero-order valence-corrected chi connectivity index (χ0v) is 22.8. The summed E-state index contributed by atoms with van der Waals surface area (Å²) < 4.78 is 6.87. The number of unbranched alkanes of at least 4 members (excludes halogenated alkanes) is 1. The van der Waals surface area contributed by atoms with Crippen LogP contribution in [0.4, 0.5) is 0 Å². The number of nitrogens with one attached hydrogen (secondary N) is 1. The molecule has 0 radical (unpaired) electrons. The topological polar surface area (TPSA) is 90.3 Å². The Balaban J connectivity index is 2.21. The number of methoxy groups -OCH3 is 1. The monoisotopic (exact) mass is 521 g/mol. The van der Waals surface area contributed by atoms with Crippen molar-refractivity contribution in [2.24, 2.45) is 11.8 Å². The van der Waals surface area contributed by atoms with Gasteiger partial charge in [-0.05, 0) is 36.5 Å². The molecule has 0 saturated heterocycles. The quantitative estimate of drug-likeness (QED) is 0.361. The Morgan fingerprint density at radius 1 is 1.26 bits per heavy atom. The molecule has 9 heteroatoms. The van der Waals surface area contributed by atoms with Crippen LogP contribution in [0.25, 0.3) is 0 Å². The van der Waals surface area contributed by atoms with Gasteiger partial charge in [0.2, 0.25) is 5.91 Å². The molecule has 2 aromatic rings. The smallest absolute Gasteiger partial charge is 0.339 e. The zero-order valence-electron chi connectivity index (χ0n) is 21.2. The zero-order chi connectivity index (χ0) is 26.0. The molecule has 2 rings (SSSR count). The fourth-order valence-electron chi connectivity index (χ4n) is 3.80. The van der Waals surface area contributed by atoms with Crippen molar-refractivity contribution >= 4 is 40.4 Å². The number of esters is 1. The average Bonchev–Trinajstić information content (AvgIpc) is 3.19. The van der Waals surface area contributed by atoms with Crippen LogP contribution < -0.4 is 5.32 Å². The molecule has 7 nitrogen and oxygen atoms in total. The SMILES string of the molecule is CCCCc1ncc(CNC(=O)C(CSC(C)=O)CC(C)C)n1Cc1ccc(C(=O)OC)c(Cl)c1. The van der Waals surface area contributed by atoms with E-state index >= 15 is 0 Å². The summed E-state index contributed by atoms with van der Waals surface area (Å²) in [5.74, 6) is 1.00. The van der Waals surface area contributed by atoms with Gasteiger partial charge in [-0.25, -0.2) is 9.78 Å². The fourth-order valence-corrected chi connectivity index (χ4v) is 4.80. The first-order chi connectivity index (χ1) is 16.7. The van der Waals surface area contributed by atoms with Crippen LogP contribution in [-0.4, -0.2) is 39.4 Å². The Morgan fingerprint density at radius 3 is 2.60 bits per heavy atom. The maximum Gasteiger partial charge on any atom is 0.339 e. The van der Waals surface area contributed by atoms with Crippen LogP contribution in [0, 0.1) is 11.8 Å². The maximum atomic E-state index is 13.0. The molecule has 35 heavy (non-hydrogen) atoms. The van der Waals surface area contributed by atoms with Gasteiger partial charge in [0.05, 0.1) is 36.1 Å². The average molecular weight is 522 g/mol. The number of halogens is 1. The molecular formula is C26H36ClN3O4S. The molecule has 1 aromatic carbocycles. The van der Waals surface area contributed by atoms with Gasteiger partial charge < -0.3 is 14.6 Å². The van der Waals surface area contributed by atoms with Crippen molar-refractivity contribution in [1.82, 2.24) is 14.9 Å². The number of ether oxygens (including phenoxy) is 1. The summed E-state index contributed by atoms with van der Waals surface area (Å²) in [6.07, 6.45) is 5.39. The number of carbonyl (C=O) groups excluding carboxylic acids is 3. The Bertz CT molecular complexity index is 1020. The number of aromatic nitrogens is 2. The summed E-state index contributed by atoms with van der Waals surface area (Å²) in [6, 6.07) is 5.27. The molecule has 192 valence electrons.